The number of aromatic amines is 1. The molecule has 0 aliphatic heterocycles. The van der Waals surface area contributed by atoms with Crippen molar-refractivity contribution in [3.05, 3.63) is 24.2 Å². The third-order valence-electron chi connectivity index (χ3n) is 1.78. The summed E-state index contributed by atoms with van der Waals surface area (Å²) in [6, 6.07) is 0. The maximum absolute atomic E-state index is 4.31. The molecule has 0 amide bonds. The van der Waals surface area contributed by atoms with Gasteiger partial charge < -0.3 is 0 Å². The molecule has 2 rings (SSSR count). The van der Waals surface area contributed by atoms with Gasteiger partial charge in [-0.15, -0.1) is 0 Å². The van der Waals surface area contributed by atoms with Gasteiger partial charge in [-0.05, 0) is 12.5 Å². The maximum atomic E-state index is 4.31. The van der Waals surface area contributed by atoms with E-state index < -0.39 is 0 Å². The second kappa shape index (κ2) is 2.48. The van der Waals surface area contributed by atoms with Crippen LogP contribution in [0.25, 0.3) is 11.3 Å². The van der Waals surface area contributed by atoms with Crippen molar-refractivity contribution in [3.8, 4) is 11.3 Å². The Morgan fingerprint density at radius 2 is 2.33 bits per heavy atom. The second-order valence-corrected chi connectivity index (χ2v) is 2.82. The van der Waals surface area contributed by atoms with Crippen molar-refractivity contribution in [2.45, 2.75) is 6.92 Å². The minimum atomic E-state index is 0.992. The summed E-state index contributed by atoms with van der Waals surface area (Å²) in [5.74, 6) is 0. The summed E-state index contributed by atoms with van der Waals surface area (Å²) in [4.78, 5) is 0. The van der Waals surface area contributed by atoms with Crippen molar-refractivity contribution in [2.75, 3.05) is 0 Å². The number of hydrogen-bond donors (Lipinski definition) is 1. The molecule has 2 aromatic heterocycles. The van der Waals surface area contributed by atoms with Gasteiger partial charge in [0.2, 0.25) is 0 Å². The third kappa shape index (κ3) is 1.01. The van der Waals surface area contributed by atoms with Crippen molar-refractivity contribution in [3.63, 3.8) is 0 Å². The van der Waals surface area contributed by atoms with E-state index in [1.165, 1.54) is 5.56 Å². The first-order valence-electron chi connectivity index (χ1n) is 3.77. The van der Waals surface area contributed by atoms with Crippen LogP contribution in [0.3, 0.4) is 0 Å². The molecule has 0 aliphatic rings. The monoisotopic (exact) mass is 162 g/mol. The predicted octanol–water partition coefficient (Wildman–Crippen LogP) is 1.12. The molecular weight excluding hydrogens is 152 g/mol. The van der Waals surface area contributed by atoms with Crippen LogP contribution in [0.15, 0.2) is 18.6 Å². The van der Waals surface area contributed by atoms with Gasteiger partial charge in [0.25, 0.3) is 0 Å². The number of nitrogens with one attached hydrogen (secondary N) is 1. The molecule has 0 aromatic carbocycles. The van der Waals surface area contributed by atoms with Crippen LogP contribution in [0.4, 0.5) is 0 Å². The molecule has 0 saturated carbocycles. The third-order valence-corrected chi connectivity index (χ3v) is 1.78. The number of aryl methyl sites for hydroxylation is 2. The van der Waals surface area contributed by atoms with Crippen molar-refractivity contribution in [1.29, 1.82) is 0 Å². The summed E-state index contributed by atoms with van der Waals surface area (Å²) in [5, 5.41) is 10.9. The number of H-pyrrole nitrogens is 1. The Morgan fingerprint density at radius 3 is 2.83 bits per heavy atom. The van der Waals surface area contributed by atoms with Gasteiger partial charge in [0.15, 0.2) is 0 Å². The molecule has 0 spiro atoms. The highest BCUT2D eigenvalue weighted by Crippen LogP contribution is 2.18. The Bertz CT molecular complexity index is 372. The zero-order valence-corrected chi connectivity index (χ0v) is 7.07. The summed E-state index contributed by atoms with van der Waals surface area (Å²) >= 11 is 0. The molecule has 1 N–H and O–H groups in total. The van der Waals surface area contributed by atoms with Crippen LogP contribution in [0.5, 0.6) is 0 Å². The first-order valence-corrected chi connectivity index (χ1v) is 3.77. The molecule has 12 heavy (non-hydrogen) atoms. The fourth-order valence-corrected chi connectivity index (χ4v) is 1.27. The maximum Gasteiger partial charge on any atom is 0.0983 e. The normalized spacial score (nSPS) is 10.5. The number of aromatic nitrogens is 4. The summed E-state index contributed by atoms with van der Waals surface area (Å²) in [7, 11) is 1.91. The summed E-state index contributed by atoms with van der Waals surface area (Å²) in [6.07, 6.45) is 5.60. The van der Waals surface area contributed by atoms with Crippen molar-refractivity contribution >= 4 is 0 Å². The standard InChI is InChI=1S/C8H10N4/c1-6-5-12(2)11-8(6)7-3-9-10-4-7/h3-5H,1-2H3,(H,9,10). The Hall–Kier alpha value is -1.58. The quantitative estimate of drug-likeness (QED) is 0.683. The average Bonchev–Trinajstić information content (AvgIpc) is 2.58. The van der Waals surface area contributed by atoms with Crippen LogP contribution in [0.1, 0.15) is 5.56 Å². The van der Waals surface area contributed by atoms with E-state index in [1.54, 1.807) is 10.9 Å². The van der Waals surface area contributed by atoms with E-state index in [0.29, 0.717) is 0 Å². The molecule has 0 saturated heterocycles. The van der Waals surface area contributed by atoms with Gasteiger partial charge in [-0.2, -0.15) is 10.2 Å². The van der Waals surface area contributed by atoms with E-state index in [2.05, 4.69) is 15.3 Å². The molecule has 2 heterocycles. The van der Waals surface area contributed by atoms with E-state index in [4.69, 9.17) is 0 Å². The lowest BCUT2D eigenvalue weighted by Gasteiger charge is -1.89. The highest BCUT2D eigenvalue weighted by Gasteiger charge is 2.05. The van der Waals surface area contributed by atoms with Crippen LogP contribution in [-0.2, 0) is 7.05 Å². The Labute approximate surface area is 70.2 Å². The van der Waals surface area contributed by atoms with E-state index in [0.717, 1.165) is 11.3 Å². The number of rotatable bonds is 1. The average molecular weight is 162 g/mol. The minimum absolute atomic E-state index is 0.992. The molecule has 0 fully saturated rings. The van der Waals surface area contributed by atoms with Gasteiger partial charge in [0.05, 0.1) is 11.9 Å². The highest BCUT2D eigenvalue weighted by molar-refractivity contribution is 5.60. The first-order chi connectivity index (χ1) is 5.77. The Kier molecular flexibility index (Phi) is 1.46. The van der Waals surface area contributed by atoms with Gasteiger partial charge in [-0.25, -0.2) is 0 Å². The van der Waals surface area contributed by atoms with Crippen LogP contribution in [-0.4, -0.2) is 20.0 Å². The molecule has 0 unspecified atom stereocenters. The zero-order chi connectivity index (χ0) is 8.55. The Morgan fingerprint density at radius 1 is 1.50 bits per heavy atom. The molecule has 4 nitrogen and oxygen atoms in total. The van der Waals surface area contributed by atoms with Crippen LogP contribution >= 0.6 is 0 Å². The molecule has 4 heteroatoms. The smallest absolute Gasteiger partial charge is 0.0983 e. The highest BCUT2D eigenvalue weighted by atomic mass is 15.3. The molecular formula is C8H10N4. The summed E-state index contributed by atoms with van der Waals surface area (Å²) in [5.41, 5.74) is 3.19. The van der Waals surface area contributed by atoms with Crippen molar-refractivity contribution in [1.82, 2.24) is 20.0 Å². The number of nitrogens with zero attached hydrogens (tertiary/aromatic N) is 3. The second-order valence-electron chi connectivity index (χ2n) is 2.82. The molecule has 62 valence electrons. The fraction of sp³-hybridized carbons (Fsp3) is 0.250. The molecule has 0 bridgehead atoms. The number of hydrogen-bond acceptors (Lipinski definition) is 2. The van der Waals surface area contributed by atoms with Crippen LogP contribution in [0.2, 0.25) is 0 Å². The molecule has 0 atom stereocenters. The van der Waals surface area contributed by atoms with Crippen molar-refractivity contribution < 1.29 is 0 Å². The largest absolute Gasteiger partial charge is 0.285 e. The lowest BCUT2D eigenvalue weighted by Crippen LogP contribution is -1.86. The van der Waals surface area contributed by atoms with Crippen molar-refractivity contribution in [2.24, 2.45) is 7.05 Å². The molecule has 0 aliphatic carbocycles. The van der Waals surface area contributed by atoms with Gasteiger partial charge in [0.1, 0.15) is 0 Å². The van der Waals surface area contributed by atoms with Crippen LogP contribution in [0, 0.1) is 6.92 Å². The van der Waals surface area contributed by atoms with Gasteiger partial charge >= 0.3 is 0 Å². The van der Waals surface area contributed by atoms with E-state index >= 15 is 0 Å². The molecule has 0 radical (unpaired) electrons. The topological polar surface area (TPSA) is 46.5 Å². The minimum Gasteiger partial charge on any atom is -0.285 e. The Balaban J connectivity index is 2.54. The van der Waals surface area contributed by atoms with E-state index in [-0.39, 0.29) is 0 Å². The predicted molar refractivity (Wildman–Crippen MR) is 45.5 cm³/mol. The summed E-state index contributed by atoms with van der Waals surface area (Å²) in [6.45, 7) is 2.04. The van der Waals surface area contributed by atoms with E-state index in [9.17, 15) is 0 Å². The first kappa shape index (κ1) is 7.09. The lowest BCUT2D eigenvalue weighted by molar-refractivity contribution is 0.770. The fourth-order valence-electron chi connectivity index (χ4n) is 1.27. The van der Waals surface area contributed by atoms with Crippen LogP contribution < -0.4 is 0 Å². The van der Waals surface area contributed by atoms with Gasteiger partial charge in [-0.3, -0.25) is 9.78 Å². The summed E-state index contributed by atoms with van der Waals surface area (Å²) < 4.78 is 1.80. The van der Waals surface area contributed by atoms with Gasteiger partial charge in [-0.1, -0.05) is 0 Å². The van der Waals surface area contributed by atoms with E-state index in [1.807, 2.05) is 26.4 Å². The zero-order valence-electron chi connectivity index (χ0n) is 7.07. The van der Waals surface area contributed by atoms with Gasteiger partial charge in [0, 0.05) is 25.0 Å². The lowest BCUT2D eigenvalue weighted by atomic mass is 10.2. The molecule has 2 aromatic rings. The SMILES string of the molecule is Cc1cn(C)nc1-c1cn[nH]c1.